The molecule has 0 bridgehead atoms. The fourth-order valence-corrected chi connectivity index (χ4v) is 3.25. The smallest absolute Gasteiger partial charge is 0.208 e. The van der Waals surface area contributed by atoms with Crippen LogP contribution in [0.1, 0.15) is 38.2 Å². The van der Waals surface area contributed by atoms with E-state index >= 15 is 0 Å². The highest BCUT2D eigenvalue weighted by Crippen LogP contribution is 2.34. The van der Waals surface area contributed by atoms with Crippen LogP contribution in [0.4, 0.5) is 5.82 Å². The van der Waals surface area contributed by atoms with Crippen LogP contribution in [0.15, 0.2) is 12.4 Å². The molecule has 0 aromatic carbocycles. The summed E-state index contributed by atoms with van der Waals surface area (Å²) in [6, 6.07) is 0. The molecule has 10 nitrogen and oxygen atoms in total. The highest BCUT2D eigenvalue weighted by molar-refractivity contribution is 5.85. The summed E-state index contributed by atoms with van der Waals surface area (Å²) in [6.07, 6.45) is 3.14. The maximum Gasteiger partial charge on any atom is 0.208 e. The minimum Gasteiger partial charge on any atom is -0.388 e. The van der Waals surface area contributed by atoms with Gasteiger partial charge in [-0.2, -0.15) is 0 Å². The predicted molar refractivity (Wildman–Crippen MR) is 105 cm³/mol. The third-order valence-corrected chi connectivity index (χ3v) is 4.82. The second kappa shape index (κ2) is 7.79. The Labute approximate surface area is 167 Å². The first-order chi connectivity index (χ1) is 14.0. The lowest BCUT2D eigenvalue weighted by molar-refractivity contribution is -0.0153. The van der Waals surface area contributed by atoms with Crippen LogP contribution in [-0.2, 0) is 11.8 Å². The minimum atomic E-state index is -1.15. The molecule has 3 atom stereocenters. The maximum atomic E-state index is 10.5. The first kappa shape index (κ1) is 19.3. The number of nitrogens with two attached hydrogens (primary N) is 1. The molecule has 0 aliphatic carbocycles. The van der Waals surface area contributed by atoms with Gasteiger partial charge in [0.1, 0.15) is 12.2 Å². The first-order valence-corrected chi connectivity index (χ1v) is 9.51. The highest BCUT2D eigenvalue weighted by atomic mass is 16.5. The molecule has 3 aromatic heterocycles. The molecule has 1 aliphatic rings. The predicted octanol–water partition coefficient (Wildman–Crippen LogP) is 0.601. The quantitative estimate of drug-likeness (QED) is 0.430. The Morgan fingerprint density at radius 1 is 1.28 bits per heavy atom. The van der Waals surface area contributed by atoms with Gasteiger partial charge in [0.15, 0.2) is 34.9 Å². The SMILES string of the molecule is CCCCC#Cc1nc(N)c2nc(-c3nccn3C)n([C@@H]3OC[C@@H](O)[C@H]3O)c2n1. The molecule has 1 saturated heterocycles. The number of anilines is 1. The number of unbranched alkanes of at least 4 members (excludes halogenated alkanes) is 2. The van der Waals surface area contributed by atoms with Gasteiger partial charge in [0, 0.05) is 25.9 Å². The molecule has 1 fully saturated rings. The fourth-order valence-electron chi connectivity index (χ4n) is 3.25. The number of ether oxygens (including phenoxy) is 1. The summed E-state index contributed by atoms with van der Waals surface area (Å²) in [6.45, 7) is 2.09. The lowest BCUT2D eigenvalue weighted by atomic mass is 10.2. The van der Waals surface area contributed by atoms with Gasteiger partial charge in [-0.25, -0.2) is 19.9 Å². The monoisotopic (exact) mass is 397 g/mol. The number of rotatable bonds is 4. The van der Waals surface area contributed by atoms with Crippen molar-refractivity contribution < 1.29 is 14.9 Å². The molecule has 4 rings (SSSR count). The fraction of sp³-hybridized carbons (Fsp3) is 0.474. The van der Waals surface area contributed by atoms with Crippen molar-refractivity contribution in [1.29, 1.82) is 0 Å². The molecule has 0 unspecified atom stereocenters. The molecule has 4 heterocycles. The number of aliphatic hydroxyl groups excluding tert-OH is 2. The van der Waals surface area contributed by atoms with Crippen molar-refractivity contribution in [2.24, 2.45) is 7.05 Å². The normalized spacial score (nSPS) is 21.4. The summed E-state index contributed by atoms with van der Waals surface area (Å²) >= 11 is 0. The average Bonchev–Trinajstić information content (AvgIpc) is 3.37. The van der Waals surface area contributed by atoms with E-state index in [4.69, 9.17) is 10.5 Å². The summed E-state index contributed by atoms with van der Waals surface area (Å²) in [5.74, 6) is 7.37. The van der Waals surface area contributed by atoms with Crippen LogP contribution in [-0.4, -0.2) is 58.1 Å². The Bertz CT molecular complexity index is 1090. The Hall–Kier alpha value is -3.00. The average molecular weight is 397 g/mol. The number of hydrogen-bond donors (Lipinski definition) is 3. The molecule has 0 spiro atoms. The second-order valence-corrected chi connectivity index (χ2v) is 6.96. The van der Waals surface area contributed by atoms with Gasteiger partial charge in [0.05, 0.1) is 6.61 Å². The number of aryl methyl sites for hydroxylation is 1. The number of fused-ring (bicyclic) bond motifs is 1. The summed E-state index contributed by atoms with van der Waals surface area (Å²) in [5.41, 5.74) is 6.88. The van der Waals surface area contributed by atoms with Gasteiger partial charge in [-0.1, -0.05) is 19.3 Å². The maximum absolute atomic E-state index is 10.5. The minimum absolute atomic E-state index is 0.00421. The molecule has 4 N–H and O–H groups in total. The molecule has 3 aromatic rings. The second-order valence-electron chi connectivity index (χ2n) is 6.96. The summed E-state index contributed by atoms with van der Waals surface area (Å²) in [7, 11) is 1.83. The van der Waals surface area contributed by atoms with Gasteiger partial charge >= 0.3 is 0 Å². The van der Waals surface area contributed by atoms with E-state index in [0.29, 0.717) is 22.8 Å². The Balaban J connectivity index is 1.90. The van der Waals surface area contributed by atoms with Crippen molar-refractivity contribution in [3.63, 3.8) is 0 Å². The summed E-state index contributed by atoms with van der Waals surface area (Å²) in [4.78, 5) is 17.7. The molecular weight excluding hydrogens is 374 g/mol. The number of nitrogens with zero attached hydrogens (tertiary/aromatic N) is 6. The highest BCUT2D eigenvalue weighted by Gasteiger charge is 2.39. The standard InChI is InChI=1S/C19H23N7O3/c1-3-4-5-6-7-12-22-15(20)13-16(23-12)26(19-14(28)11(27)10-29-19)18(24-13)17-21-8-9-25(17)2/h8-9,11,14,19,27-28H,3-5,10H2,1-2H3,(H2,20,22,23)/t11-,14-,19-/m1/s1. The van der Waals surface area contributed by atoms with Crippen LogP contribution < -0.4 is 5.73 Å². The van der Waals surface area contributed by atoms with Gasteiger partial charge < -0.3 is 25.3 Å². The summed E-state index contributed by atoms with van der Waals surface area (Å²) < 4.78 is 9.04. The third kappa shape index (κ3) is 3.44. The van der Waals surface area contributed by atoms with E-state index < -0.39 is 18.4 Å². The van der Waals surface area contributed by atoms with Crippen LogP contribution in [0.3, 0.4) is 0 Å². The van der Waals surface area contributed by atoms with Crippen LogP contribution in [0, 0.1) is 11.8 Å². The zero-order chi connectivity index (χ0) is 20.5. The van der Waals surface area contributed by atoms with Crippen molar-refractivity contribution >= 4 is 17.0 Å². The van der Waals surface area contributed by atoms with E-state index in [2.05, 4.69) is 38.7 Å². The van der Waals surface area contributed by atoms with Crippen molar-refractivity contribution in [3.05, 3.63) is 18.2 Å². The zero-order valence-corrected chi connectivity index (χ0v) is 16.3. The zero-order valence-electron chi connectivity index (χ0n) is 16.3. The number of aliphatic hydroxyl groups is 2. The molecular formula is C19H23N7O3. The van der Waals surface area contributed by atoms with E-state index in [0.717, 1.165) is 19.3 Å². The van der Waals surface area contributed by atoms with Crippen LogP contribution in [0.5, 0.6) is 0 Å². The Morgan fingerprint density at radius 3 is 2.76 bits per heavy atom. The van der Waals surface area contributed by atoms with Gasteiger partial charge in [-0.15, -0.1) is 0 Å². The topological polar surface area (TPSA) is 137 Å². The molecule has 0 amide bonds. The first-order valence-electron chi connectivity index (χ1n) is 9.51. The molecule has 29 heavy (non-hydrogen) atoms. The molecule has 0 radical (unpaired) electrons. The van der Waals surface area contributed by atoms with Crippen LogP contribution in [0.25, 0.3) is 22.8 Å². The number of nitrogen functional groups attached to an aromatic ring is 1. The molecule has 0 saturated carbocycles. The van der Waals surface area contributed by atoms with Crippen molar-refractivity contribution in [1.82, 2.24) is 29.1 Å². The van der Waals surface area contributed by atoms with Crippen molar-refractivity contribution in [3.8, 4) is 23.5 Å². The van der Waals surface area contributed by atoms with E-state index in [1.165, 1.54) is 0 Å². The van der Waals surface area contributed by atoms with E-state index in [1.54, 1.807) is 21.5 Å². The molecule has 10 heteroatoms. The van der Waals surface area contributed by atoms with Gasteiger partial charge in [0.2, 0.25) is 5.82 Å². The van der Waals surface area contributed by atoms with Crippen molar-refractivity contribution in [2.75, 3.05) is 12.3 Å². The number of aromatic nitrogens is 6. The van der Waals surface area contributed by atoms with E-state index in [1.807, 2.05) is 7.05 Å². The van der Waals surface area contributed by atoms with E-state index in [9.17, 15) is 10.2 Å². The molecule has 1 aliphatic heterocycles. The van der Waals surface area contributed by atoms with Crippen molar-refractivity contribution in [2.45, 2.75) is 44.6 Å². The van der Waals surface area contributed by atoms with Gasteiger partial charge in [0.25, 0.3) is 0 Å². The lowest BCUT2D eigenvalue weighted by Gasteiger charge is -2.19. The van der Waals surface area contributed by atoms with E-state index in [-0.39, 0.29) is 18.2 Å². The molecule has 152 valence electrons. The number of imidazole rings is 2. The summed E-state index contributed by atoms with van der Waals surface area (Å²) in [5, 5.41) is 20.4. The van der Waals surface area contributed by atoms with Crippen LogP contribution in [0.2, 0.25) is 0 Å². The Kier molecular flexibility index (Phi) is 5.19. The Morgan fingerprint density at radius 2 is 2.10 bits per heavy atom. The largest absolute Gasteiger partial charge is 0.388 e. The lowest BCUT2D eigenvalue weighted by Crippen LogP contribution is -2.29. The van der Waals surface area contributed by atoms with Gasteiger partial charge in [-0.3, -0.25) is 4.57 Å². The number of hydrogen-bond acceptors (Lipinski definition) is 8. The van der Waals surface area contributed by atoms with Gasteiger partial charge in [-0.05, 0) is 12.3 Å². The van der Waals surface area contributed by atoms with Crippen LogP contribution >= 0.6 is 0 Å². The third-order valence-electron chi connectivity index (χ3n) is 4.82.